The van der Waals surface area contributed by atoms with Crippen LogP contribution in [0.25, 0.3) is 0 Å². The van der Waals surface area contributed by atoms with E-state index in [1.807, 2.05) is 0 Å². The molecule has 0 atom stereocenters. The Morgan fingerprint density at radius 3 is 1.88 bits per heavy atom. The molecule has 2 N–H and O–H groups in total. The molecule has 0 aliphatic heterocycles. The Bertz CT molecular complexity index is 448. The third-order valence-electron chi connectivity index (χ3n) is 2.39. The number of hydrogen-bond donors (Lipinski definition) is 2. The average Bonchev–Trinajstić information content (AvgIpc) is 2.19. The molecule has 17 heavy (non-hydrogen) atoms. The van der Waals surface area contributed by atoms with E-state index < -0.39 is 10.9 Å². The Hall–Kier alpha value is -1.32. The minimum atomic E-state index is -0.402. The number of anilines is 2. The fourth-order valence-corrected chi connectivity index (χ4v) is 1.39. The molecule has 0 saturated carbocycles. The molecule has 1 aromatic carbocycles. The van der Waals surface area contributed by atoms with Gasteiger partial charge in [-0.1, -0.05) is 34.6 Å². The zero-order chi connectivity index (χ0) is 13.2. The molecule has 0 unspecified atom stereocenters. The molecule has 0 heterocycles. The summed E-state index contributed by atoms with van der Waals surface area (Å²) in [7, 11) is 0. The minimum absolute atomic E-state index is 0.0784. The van der Waals surface area contributed by atoms with E-state index in [1.165, 1.54) is 0 Å². The van der Waals surface area contributed by atoms with Gasteiger partial charge in [0.05, 0.1) is 0 Å². The number of nitrogens with one attached hydrogen (secondary N) is 2. The van der Waals surface area contributed by atoms with Gasteiger partial charge in [-0.3, -0.25) is 9.59 Å². The fourth-order valence-electron chi connectivity index (χ4n) is 1.39. The van der Waals surface area contributed by atoms with Gasteiger partial charge in [-0.25, -0.2) is 0 Å². The second-order valence-corrected chi connectivity index (χ2v) is 6.10. The molecule has 96 valence electrons. The highest BCUT2D eigenvalue weighted by atomic mass is 16.2. The first kappa shape index (κ1) is 13.7. The van der Waals surface area contributed by atoms with E-state index in [1.54, 1.807) is 0 Å². The Balaban J connectivity index is 2.70. The van der Waals surface area contributed by atoms with E-state index in [0.717, 1.165) is 0 Å². The van der Waals surface area contributed by atoms with Crippen LogP contribution >= 0.6 is 0 Å². The molecule has 0 aliphatic rings. The van der Waals surface area contributed by atoms with Crippen molar-refractivity contribution in [2.75, 3.05) is 23.7 Å². The van der Waals surface area contributed by atoms with Crippen LogP contribution in [-0.4, -0.2) is 13.1 Å². The van der Waals surface area contributed by atoms with E-state index in [9.17, 15) is 9.59 Å². The van der Waals surface area contributed by atoms with Crippen molar-refractivity contribution in [1.29, 1.82) is 0 Å². The maximum Gasteiger partial charge on any atom is 0.253 e. The summed E-state index contributed by atoms with van der Waals surface area (Å²) in [5, 5.41) is 6.09. The molecule has 0 aliphatic carbocycles. The lowest BCUT2D eigenvalue weighted by Gasteiger charge is -2.22. The SMILES string of the molecule is CC(C)CNc1c(NCC(C)(C)C)c(=O)c1=O. The summed E-state index contributed by atoms with van der Waals surface area (Å²) in [6, 6.07) is 0. The summed E-state index contributed by atoms with van der Waals surface area (Å²) in [5.74, 6) is 0.440. The molecule has 0 fully saturated rings. The van der Waals surface area contributed by atoms with Gasteiger partial charge in [-0.05, 0) is 11.3 Å². The topological polar surface area (TPSA) is 58.2 Å². The molecule has 1 aromatic rings. The van der Waals surface area contributed by atoms with Crippen LogP contribution in [0.5, 0.6) is 0 Å². The van der Waals surface area contributed by atoms with Crippen LogP contribution in [0.15, 0.2) is 9.59 Å². The Morgan fingerprint density at radius 1 is 1.00 bits per heavy atom. The van der Waals surface area contributed by atoms with Crippen LogP contribution in [0.3, 0.4) is 0 Å². The monoisotopic (exact) mass is 238 g/mol. The molecular weight excluding hydrogens is 216 g/mol. The molecule has 0 aromatic heterocycles. The predicted molar refractivity (Wildman–Crippen MR) is 72.6 cm³/mol. The maximum absolute atomic E-state index is 11.4. The second-order valence-electron chi connectivity index (χ2n) is 6.10. The summed E-state index contributed by atoms with van der Waals surface area (Å²) >= 11 is 0. The molecule has 4 nitrogen and oxygen atoms in total. The van der Waals surface area contributed by atoms with Gasteiger partial charge in [0.1, 0.15) is 11.4 Å². The average molecular weight is 238 g/mol. The quantitative estimate of drug-likeness (QED) is 0.768. The molecule has 0 bridgehead atoms. The van der Waals surface area contributed by atoms with E-state index in [0.29, 0.717) is 30.4 Å². The van der Waals surface area contributed by atoms with Gasteiger partial charge >= 0.3 is 0 Å². The van der Waals surface area contributed by atoms with E-state index in [4.69, 9.17) is 0 Å². The van der Waals surface area contributed by atoms with Crippen molar-refractivity contribution in [2.45, 2.75) is 34.6 Å². The largest absolute Gasteiger partial charge is 0.380 e. The normalized spacial score (nSPS) is 12.1. The number of hydrogen-bond acceptors (Lipinski definition) is 4. The van der Waals surface area contributed by atoms with E-state index in [2.05, 4.69) is 45.3 Å². The molecular formula is C13H22N2O2. The van der Waals surface area contributed by atoms with Crippen molar-refractivity contribution in [3.8, 4) is 0 Å². The van der Waals surface area contributed by atoms with Gasteiger partial charge in [0.25, 0.3) is 10.9 Å². The third-order valence-corrected chi connectivity index (χ3v) is 2.39. The molecule has 0 radical (unpaired) electrons. The Morgan fingerprint density at radius 2 is 1.47 bits per heavy atom. The van der Waals surface area contributed by atoms with Gasteiger partial charge in [0.15, 0.2) is 0 Å². The summed E-state index contributed by atoms with van der Waals surface area (Å²) < 4.78 is 0. The van der Waals surface area contributed by atoms with Crippen LogP contribution in [-0.2, 0) is 0 Å². The highest BCUT2D eigenvalue weighted by Crippen LogP contribution is 2.18. The first-order chi connectivity index (χ1) is 7.72. The fraction of sp³-hybridized carbons (Fsp3) is 0.692. The summed E-state index contributed by atoms with van der Waals surface area (Å²) in [6.45, 7) is 11.7. The highest BCUT2D eigenvalue weighted by Gasteiger charge is 2.22. The van der Waals surface area contributed by atoms with Crippen molar-refractivity contribution in [3.05, 3.63) is 20.4 Å². The first-order valence-corrected chi connectivity index (χ1v) is 6.03. The highest BCUT2D eigenvalue weighted by molar-refractivity contribution is 5.73. The van der Waals surface area contributed by atoms with Gasteiger partial charge in [0, 0.05) is 13.1 Å². The number of rotatable bonds is 5. The zero-order valence-corrected chi connectivity index (χ0v) is 11.3. The van der Waals surface area contributed by atoms with Gasteiger partial charge < -0.3 is 10.6 Å². The van der Waals surface area contributed by atoms with Crippen molar-refractivity contribution >= 4 is 11.4 Å². The van der Waals surface area contributed by atoms with Gasteiger partial charge in [-0.2, -0.15) is 0 Å². The maximum atomic E-state index is 11.4. The zero-order valence-electron chi connectivity index (χ0n) is 11.3. The first-order valence-electron chi connectivity index (χ1n) is 6.03. The minimum Gasteiger partial charge on any atom is -0.380 e. The lowest BCUT2D eigenvalue weighted by atomic mass is 9.96. The van der Waals surface area contributed by atoms with Crippen molar-refractivity contribution < 1.29 is 0 Å². The van der Waals surface area contributed by atoms with Gasteiger partial charge in [-0.15, -0.1) is 0 Å². The van der Waals surface area contributed by atoms with Crippen LogP contribution in [0.4, 0.5) is 11.4 Å². The van der Waals surface area contributed by atoms with E-state index >= 15 is 0 Å². The van der Waals surface area contributed by atoms with Crippen LogP contribution < -0.4 is 21.5 Å². The molecule has 0 saturated heterocycles. The summed E-state index contributed by atoms with van der Waals surface area (Å²) in [5.41, 5.74) is 0.177. The smallest absolute Gasteiger partial charge is 0.253 e. The third kappa shape index (κ3) is 3.58. The van der Waals surface area contributed by atoms with Crippen LogP contribution in [0.2, 0.25) is 0 Å². The van der Waals surface area contributed by atoms with Crippen LogP contribution in [0.1, 0.15) is 34.6 Å². The summed E-state index contributed by atoms with van der Waals surface area (Å²) in [6.07, 6.45) is 0. The molecule has 0 amide bonds. The lowest BCUT2D eigenvalue weighted by molar-refractivity contribution is 0.443. The standard InChI is InChI=1S/C13H22N2O2/c1-8(2)6-14-9-10(12(17)11(9)16)15-7-13(3,4)5/h8,14-15H,6-7H2,1-5H3. The molecule has 0 spiro atoms. The Kier molecular flexibility index (Phi) is 3.96. The van der Waals surface area contributed by atoms with Crippen molar-refractivity contribution in [3.63, 3.8) is 0 Å². The van der Waals surface area contributed by atoms with Gasteiger partial charge in [0.2, 0.25) is 0 Å². The molecule has 1 rings (SSSR count). The van der Waals surface area contributed by atoms with Crippen molar-refractivity contribution in [2.24, 2.45) is 11.3 Å². The second kappa shape index (κ2) is 4.90. The van der Waals surface area contributed by atoms with Crippen molar-refractivity contribution in [1.82, 2.24) is 0 Å². The lowest BCUT2D eigenvalue weighted by Crippen LogP contribution is -2.39. The van der Waals surface area contributed by atoms with E-state index in [-0.39, 0.29) is 5.41 Å². The molecule has 4 heteroatoms. The predicted octanol–water partition coefficient (Wildman–Crippen LogP) is 1.81. The van der Waals surface area contributed by atoms with Crippen LogP contribution in [0, 0.1) is 11.3 Å². The summed E-state index contributed by atoms with van der Waals surface area (Å²) in [4.78, 5) is 22.8. The Labute approximate surface area is 102 Å².